The van der Waals surface area contributed by atoms with Crippen LogP contribution in [0.2, 0.25) is 0 Å². The van der Waals surface area contributed by atoms with Crippen molar-refractivity contribution in [1.29, 1.82) is 0 Å². The average molecular weight is 500 g/mol. The van der Waals surface area contributed by atoms with Gasteiger partial charge >= 0.3 is 0 Å². The van der Waals surface area contributed by atoms with E-state index in [0.717, 1.165) is 37.2 Å². The molecule has 5 heteroatoms. The first-order chi connectivity index (χ1) is 18.2. The highest BCUT2D eigenvalue weighted by Gasteiger charge is 2.65. The summed E-state index contributed by atoms with van der Waals surface area (Å²) in [6.45, 7) is 3.09. The maximum atomic E-state index is 14.0. The summed E-state index contributed by atoms with van der Waals surface area (Å²) in [6, 6.07) is 21.1. The van der Waals surface area contributed by atoms with Crippen molar-refractivity contribution in [2.24, 2.45) is 11.8 Å². The highest BCUT2D eigenvalue weighted by atomic mass is 16.2. The van der Waals surface area contributed by atoms with Gasteiger partial charge in [0.2, 0.25) is 11.8 Å². The summed E-state index contributed by atoms with van der Waals surface area (Å²) < 4.78 is 0. The van der Waals surface area contributed by atoms with Crippen molar-refractivity contribution < 1.29 is 9.59 Å². The van der Waals surface area contributed by atoms with Gasteiger partial charge in [-0.2, -0.15) is 0 Å². The Bertz CT molecular complexity index is 1070. The van der Waals surface area contributed by atoms with E-state index in [2.05, 4.69) is 34.1 Å². The Morgan fingerprint density at radius 1 is 0.730 bits per heavy atom. The minimum absolute atomic E-state index is 0.0235. The monoisotopic (exact) mass is 499 g/mol. The van der Waals surface area contributed by atoms with Crippen LogP contribution in [-0.2, 0) is 16.1 Å². The number of carbonyl (C=O) groups is 2. The number of piperidine rings is 1. The number of imide groups is 1. The number of para-hydroxylation sites is 1. The van der Waals surface area contributed by atoms with E-state index >= 15 is 0 Å². The van der Waals surface area contributed by atoms with Gasteiger partial charge in [0.1, 0.15) is 0 Å². The number of benzene rings is 2. The van der Waals surface area contributed by atoms with Crippen molar-refractivity contribution in [2.75, 3.05) is 24.5 Å². The number of anilines is 1. The van der Waals surface area contributed by atoms with Crippen LogP contribution in [0.15, 0.2) is 60.7 Å². The van der Waals surface area contributed by atoms with Crippen molar-refractivity contribution in [3.8, 4) is 0 Å². The highest BCUT2D eigenvalue weighted by molar-refractivity contribution is 6.07. The lowest BCUT2D eigenvalue weighted by molar-refractivity contribution is -0.141. The SMILES string of the molecule is O=C1C2CN(c3ccccc3)C3(CCN(C4CCCCCCCC4)CC3)C2C(=O)N1Cc1ccccc1. The zero-order valence-electron chi connectivity index (χ0n) is 22.1. The summed E-state index contributed by atoms with van der Waals surface area (Å²) in [5.41, 5.74) is 1.90. The van der Waals surface area contributed by atoms with Crippen LogP contribution in [-0.4, -0.2) is 52.8 Å². The Kier molecular flexibility index (Phi) is 7.07. The molecule has 0 radical (unpaired) electrons. The van der Waals surface area contributed by atoms with Crippen molar-refractivity contribution >= 4 is 17.5 Å². The summed E-state index contributed by atoms with van der Waals surface area (Å²) in [4.78, 5) is 34.5. The molecule has 2 atom stereocenters. The molecule has 0 bridgehead atoms. The zero-order valence-corrected chi connectivity index (χ0v) is 22.1. The number of carbonyl (C=O) groups excluding carboxylic acids is 2. The third kappa shape index (κ3) is 4.60. The molecule has 1 saturated carbocycles. The van der Waals surface area contributed by atoms with Crippen LogP contribution in [0.25, 0.3) is 0 Å². The maximum Gasteiger partial charge on any atom is 0.235 e. The molecule has 0 N–H and O–H groups in total. The molecule has 0 aromatic heterocycles. The van der Waals surface area contributed by atoms with Crippen molar-refractivity contribution in [3.63, 3.8) is 0 Å². The van der Waals surface area contributed by atoms with Crippen LogP contribution in [0.3, 0.4) is 0 Å². The average Bonchev–Trinajstić information content (AvgIpc) is 3.43. The summed E-state index contributed by atoms with van der Waals surface area (Å²) >= 11 is 0. The van der Waals surface area contributed by atoms with Crippen LogP contribution in [0.5, 0.6) is 0 Å². The molecule has 1 aliphatic carbocycles. The van der Waals surface area contributed by atoms with Crippen LogP contribution >= 0.6 is 0 Å². The van der Waals surface area contributed by atoms with Crippen LogP contribution in [0, 0.1) is 11.8 Å². The fraction of sp³-hybridized carbons (Fsp3) is 0.562. The number of hydrogen-bond donors (Lipinski definition) is 0. The van der Waals surface area contributed by atoms with E-state index < -0.39 is 0 Å². The van der Waals surface area contributed by atoms with Gasteiger partial charge in [-0.3, -0.25) is 14.5 Å². The lowest BCUT2D eigenvalue weighted by Gasteiger charge is -2.50. The third-order valence-electron chi connectivity index (χ3n) is 9.77. The Balaban J connectivity index is 1.26. The maximum absolute atomic E-state index is 14.0. The van der Waals surface area contributed by atoms with E-state index in [4.69, 9.17) is 0 Å². The molecule has 2 amide bonds. The fourth-order valence-corrected chi connectivity index (χ4v) is 7.85. The molecule has 3 saturated heterocycles. The van der Waals surface area contributed by atoms with E-state index in [0.29, 0.717) is 19.1 Å². The van der Waals surface area contributed by atoms with E-state index in [1.165, 1.54) is 51.4 Å². The first-order valence-corrected chi connectivity index (χ1v) is 14.6. The lowest BCUT2D eigenvalue weighted by atomic mass is 9.74. The van der Waals surface area contributed by atoms with E-state index in [1.807, 2.05) is 36.4 Å². The van der Waals surface area contributed by atoms with E-state index in [1.54, 1.807) is 4.90 Å². The largest absolute Gasteiger partial charge is 0.364 e. The smallest absolute Gasteiger partial charge is 0.235 e. The standard InChI is InChI=1S/C32H41N3O2/c36-30-28-24-35(27-17-11-6-12-18-27)32(29(28)31(37)34(30)23-25-13-7-5-8-14-25)19-21-33(22-20-32)26-15-9-3-1-2-4-10-16-26/h5-8,11-14,17-18,26,28-29H,1-4,9-10,15-16,19-24H2. The number of likely N-dealkylation sites (tertiary alicyclic amines) is 2. The molecule has 4 fully saturated rings. The number of rotatable bonds is 4. The second kappa shape index (κ2) is 10.6. The van der Waals surface area contributed by atoms with Gasteiger partial charge in [-0.15, -0.1) is 0 Å². The molecule has 2 aromatic rings. The quantitative estimate of drug-likeness (QED) is 0.510. The second-order valence-corrected chi connectivity index (χ2v) is 11.8. The molecule has 37 heavy (non-hydrogen) atoms. The molecule has 5 nitrogen and oxygen atoms in total. The van der Waals surface area contributed by atoms with Crippen LogP contribution < -0.4 is 4.90 Å². The molecule has 2 aromatic carbocycles. The normalized spacial score (nSPS) is 27.2. The van der Waals surface area contributed by atoms with Gasteiger partial charge in [0.25, 0.3) is 0 Å². The Labute approximate surface area is 221 Å². The number of nitrogens with zero attached hydrogens (tertiary/aromatic N) is 3. The summed E-state index contributed by atoms with van der Waals surface area (Å²) in [7, 11) is 0. The first-order valence-electron chi connectivity index (χ1n) is 14.6. The first kappa shape index (κ1) is 24.7. The summed E-state index contributed by atoms with van der Waals surface area (Å²) in [5.74, 6) is -0.414. The topological polar surface area (TPSA) is 43.9 Å². The number of fused-ring (bicyclic) bond motifs is 2. The third-order valence-corrected chi connectivity index (χ3v) is 9.77. The molecule has 1 spiro atoms. The molecular formula is C32H41N3O2. The molecule has 3 aliphatic heterocycles. The van der Waals surface area contributed by atoms with Gasteiger partial charge in [-0.05, 0) is 43.4 Å². The predicted octanol–water partition coefficient (Wildman–Crippen LogP) is 5.65. The number of amides is 2. The summed E-state index contributed by atoms with van der Waals surface area (Å²) in [5, 5.41) is 0. The Morgan fingerprint density at radius 3 is 1.97 bits per heavy atom. The van der Waals surface area contributed by atoms with Crippen molar-refractivity contribution in [3.05, 3.63) is 66.2 Å². The van der Waals surface area contributed by atoms with Gasteiger partial charge in [0, 0.05) is 31.4 Å². The van der Waals surface area contributed by atoms with Crippen molar-refractivity contribution in [2.45, 2.75) is 82.3 Å². The minimum Gasteiger partial charge on any atom is -0.364 e. The molecular weight excluding hydrogens is 458 g/mol. The zero-order chi connectivity index (χ0) is 25.2. The van der Waals surface area contributed by atoms with Gasteiger partial charge in [0.15, 0.2) is 0 Å². The van der Waals surface area contributed by atoms with Crippen molar-refractivity contribution in [1.82, 2.24) is 9.80 Å². The summed E-state index contributed by atoms with van der Waals surface area (Å²) in [6.07, 6.45) is 12.7. The molecule has 6 rings (SSSR count). The highest BCUT2D eigenvalue weighted by Crippen LogP contribution is 2.52. The van der Waals surface area contributed by atoms with Crippen LogP contribution in [0.4, 0.5) is 5.69 Å². The Hall–Kier alpha value is -2.66. The lowest BCUT2D eigenvalue weighted by Crippen LogP contribution is -2.59. The molecule has 196 valence electrons. The van der Waals surface area contributed by atoms with Gasteiger partial charge in [-0.25, -0.2) is 0 Å². The van der Waals surface area contributed by atoms with Gasteiger partial charge in [-0.1, -0.05) is 87.1 Å². The molecule has 2 unspecified atom stereocenters. The Morgan fingerprint density at radius 2 is 1.32 bits per heavy atom. The van der Waals surface area contributed by atoms with E-state index in [9.17, 15) is 9.59 Å². The fourth-order valence-electron chi connectivity index (χ4n) is 7.85. The van der Waals surface area contributed by atoms with Gasteiger partial charge in [0.05, 0.1) is 23.9 Å². The molecule has 3 heterocycles. The van der Waals surface area contributed by atoms with E-state index in [-0.39, 0.29) is 29.2 Å². The van der Waals surface area contributed by atoms with Crippen LogP contribution in [0.1, 0.15) is 69.8 Å². The second-order valence-electron chi connectivity index (χ2n) is 11.8. The number of hydrogen-bond acceptors (Lipinski definition) is 4. The predicted molar refractivity (Wildman–Crippen MR) is 147 cm³/mol. The minimum atomic E-state index is -0.279. The molecule has 4 aliphatic rings. The van der Waals surface area contributed by atoms with Gasteiger partial charge < -0.3 is 9.80 Å².